The lowest BCUT2D eigenvalue weighted by Crippen LogP contribution is -2.30. The number of hydrogen-bond acceptors (Lipinski definition) is 2. The smallest absolute Gasteiger partial charge is 0.248 e. The molecule has 2 N–H and O–H groups in total. The fraction of sp³-hybridized carbons (Fsp3) is 0.625. The van der Waals surface area contributed by atoms with Crippen LogP contribution in [0.5, 0.6) is 5.75 Å². The van der Waals surface area contributed by atoms with Crippen LogP contribution in [0.3, 0.4) is 0 Å². The number of halogens is 2. The Morgan fingerprint density at radius 1 is 1.15 bits per heavy atom. The number of hydrogen-bond donors (Lipinski definition) is 1. The summed E-state index contributed by atoms with van der Waals surface area (Å²) < 4.78 is 32.2. The second-order valence-electron chi connectivity index (χ2n) is 6.11. The molecular weight excluding hydrogens is 260 g/mol. The Bertz CT molecular complexity index is 463. The number of benzene rings is 1. The zero-order valence-corrected chi connectivity index (χ0v) is 11.5. The fourth-order valence-corrected chi connectivity index (χ4v) is 2.87. The lowest BCUT2D eigenvalue weighted by Gasteiger charge is -2.32. The van der Waals surface area contributed by atoms with E-state index in [-0.39, 0.29) is 24.8 Å². The van der Waals surface area contributed by atoms with E-state index in [1.165, 1.54) is 0 Å². The van der Waals surface area contributed by atoms with Gasteiger partial charge in [-0.15, -0.1) is 0 Å². The van der Waals surface area contributed by atoms with Crippen molar-refractivity contribution in [3.8, 4) is 5.75 Å². The summed E-state index contributed by atoms with van der Waals surface area (Å²) >= 11 is 0. The van der Waals surface area contributed by atoms with Gasteiger partial charge in [0, 0.05) is 18.9 Å². The molecule has 1 aromatic carbocycles. The predicted octanol–water partition coefficient (Wildman–Crippen LogP) is 4.05. The van der Waals surface area contributed by atoms with Gasteiger partial charge in [0.2, 0.25) is 5.92 Å². The van der Waals surface area contributed by atoms with E-state index in [0.29, 0.717) is 18.9 Å². The summed E-state index contributed by atoms with van der Waals surface area (Å²) in [5, 5.41) is 0. The molecule has 0 aliphatic heterocycles. The molecule has 110 valence electrons. The van der Waals surface area contributed by atoms with E-state index in [1.54, 1.807) is 0 Å². The highest BCUT2D eigenvalue weighted by molar-refractivity contribution is 5.31. The SMILES string of the molecule is NC(c1cccc(OC2CC2)c1)C1CCC(F)(F)CC1. The Balaban J connectivity index is 1.65. The molecule has 20 heavy (non-hydrogen) atoms. The highest BCUT2D eigenvalue weighted by Crippen LogP contribution is 2.41. The summed E-state index contributed by atoms with van der Waals surface area (Å²) in [7, 11) is 0. The van der Waals surface area contributed by atoms with Gasteiger partial charge in [-0.3, -0.25) is 0 Å². The van der Waals surface area contributed by atoms with E-state index in [0.717, 1.165) is 24.2 Å². The molecule has 4 heteroatoms. The zero-order valence-electron chi connectivity index (χ0n) is 11.5. The first kappa shape index (κ1) is 13.8. The van der Waals surface area contributed by atoms with Crippen molar-refractivity contribution in [1.29, 1.82) is 0 Å². The van der Waals surface area contributed by atoms with Crippen molar-refractivity contribution in [2.24, 2.45) is 11.7 Å². The van der Waals surface area contributed by atoms with Crippen LogP contribution < -0.4 is 10.5 Å². The van der Waals surface area contributed by atoms with Gasteiger partial charge in [-0.2, -0.15) is 0 Å². The van der Waals surface area contributed by atoms with Crippen molar-refractivity contribution in [3.63, 3.8) is 0 Å². The van der Waals surface area contributed by atoms with Crippen LogP contribution in [-0.2, 0) is 0 Å². The normalized spacial score (nSPS) is 24.4. The summed E-state index contributed by atoms with van der Waals surface area (Å²) in [6.07, 6.45) is 3.52. The third-order valence-electron chi connectivity index (χ3n) is 4.34. The molecule has 1 aromatic rings. The number of ether oxygens (including phenoxy) is 1. The minimum Gasteiger partial charge on any atom is -0.490 e. The summed E-state index contributed by atoms with van der Waals surface area (Å²) in [4.78, 5) is 0. The fourth-order valence-electron chi connectivity index (χ4n) is 2.87. The van der Waals surface area contributed by atoms with E-state index in [1.807, 2.05) is 24.3 Å². The molecule has 0 heterocycles. The van der Waals surface area contributed by atoms with Gasteiger partial charge in [-0.25, -0.2) is 8.78 Å². The van der Waals surface area contributed by atoms with Crippen LogP contribution in [-0.4, -0.2) is 12.0 Å². The maximum absolute atomic E-state index is 13.2. The van der Waals surface area contributed by atoms with Gasteiger partial charge in [0.15, 0.2) is 0 Å². The average molecular weight is 281 g/mol. The highest BCUT2D eigenvalue weighted by atomic mass is 19.3. The minimum atomic E-state index is -2.49. The van der Waals surface area contributed by atoms with Crippen molar-refractivity contribution in [1.82, 2.24) is 0 Å². The minimum absolute atomic E-state index is 0.0381. The van der Waals surface area contributed by atoms with Gasteiger partial charge in [0.05, 0.1) is 6.10 Å². The summed E-state index contributed by atoms with van der Waals surface area (Å²) in [5.41, 5.74) is 7.27. The third-order valence-corrected chi connectivity index (χ3v) is 4.34. The first-order valence-electron chi connectivity index (χ1n) is 7.43. The Morgan fingerprint density at radius 3 is 2.50 bits per heavy atom. The third kappa shape index (κ3) is 3.29. The molecule has 2 fully saturated rings. The van der Waals surface area contributed by atoms with Gasteiger partial charge in [-0.1, -0.05) is 12.1 Å². The number of nitrogens with two attached hydrogens (primary N) is 1. The van der Waals surface area contributed by atoms with Gasteiger partial charge in [0.1, 0.15) is 5.75 Å². The molecule has 2 nitrogen and oxygen atoms in total. The Labute approximate surface area is 118 Å². The van der Waals surface area contributed by atoms with E-state index in [9.17, 15) is 8.78 Å². The molecule has 0 amide bonds. The lowest BCUT2D eigenvalue weighted by molar-refractivity contribution is -0.0483. The van der Waals surface area contributed by atoms with Crippen LogP contribution in [0.1, 0.15) is 50.1 Å². The molecule has 1 atom stereocenters. The van der Waals surface area contributed by atoms with Gasteiger partial charge >= 0.3 is 0 Å². The number of rotatable bonds is 4. The maximum Gasteiger partial charge on any atom is 0.248 e. The van der Waals surface area contributed by atoms with E-state index in [4.69, 9.17) is 10.5 Å². The second kappa shape index (κ2) is 5.32. The van der Waals surface area contributed by atoms with Crippen LogP contribution in [0.25, 0.3) is 0 Å². The average Bonchev–Trinajstić information content (AvgIpc) is 3.22. The van der Waals surface area contributed by atoms with Crippen molar-refractivity contribution >= 4 is 0 Å². The Kier molecular flexibility index (Phi) is 3.67. The van der Waals surface area contributed by atoms with Gasteiger partial charge in [-0.05, 0) is 49.3 Å². The molecule has 0 aromatic heterocycles. The largest absolute Gasteiger partial charge is 0.490 e. The molecule has 0 radical (unpaired) electrons. The first-order valence-corrected chi connectivity index (χ1v) is 7.43. The molecule has 2 aliphatic carbocycles. The molecule has 1 unspecified atom stereocenters. The molecular formula is C16H21F2NO. The molecule has 0 spiro atoms. The van der Waals surface area contributed by atoms with Crippen LogP contribution in [0.4, 0.5) is 8.78 Å². The molecule has 3 rings (SSSR count). The van der Waals surface area contributed by atoms with E-state index >= 15 is 0 Å². The maximum atomic E-state index is 13.2. The Hall–Kier alpha value is -1.16. The predicted molar refractivity (Wildman–Crippen MR) is 73.9 cm³/mol. The van der Waals surface area contributed by atoms with Crippen LogP contribution in [0, 0.1) is 5.92 Å². The zero-order chi connectivity index (χ0) is 14.2. The standard InChI is InChI=1S/C16H21F2NO/c17-16(18)8-6-11(7-9-16)15(19)12-2-1-3-14(10-12)20-13-4-5-13/h1-3,10-11,13,15H,4-9,19H2. The second-order valence-corrected chi connectivity index (χ2v) is 6.11. The van der Waals surface area contributed by atoms with Crippen molar-refractivity contribution in [2.75, 3.05) is 0 Å². The summed E-state index contributed by atoms with van der Waals surface area (Å²) in [6.45, 7) is 0. The molecule has 2 aliphatic rings. The summed E-state index contributed by atoms with van der Waals surface area (Å²) in [5.74, 6) is -1.50. The molecule has 0 saturated heterocycles. The van der Waals surface area contributed by atoms with Gasteiger partial charge < -0.3 is 10.5 Å². The lowest BCUT2D eigenvalue weighted by atomic mass is 9.80. The van der Waals surface area contributed by atoms with E-state index in [2.05, 4.69) is 0 Å². The topological polar surface area (TPSA) is 35.2 Å². The van der Waals surface area contributed by atoms with Crippen LogP contribution in [0.15, 0.2) is 24.3 Å². The quantitative estimate of drug-likeness (QED) is 0.903. The van der Waals surface area contributed by atoms with Gasteiger partial charge in [0.25, 0.3) is 0 Å². The monoisotopic (exact) mass is 281 g/mol. The first-order chi connectivity index (χ1) is 9.53. The number of alkyl halides is 2. The van der Waals surface area contributed by atoms with Crippen molar-refractivity contribution < 1.29 is 13.5 Å². The molecule has 0 bridgehead atoms. The van der Waals surface area contributed by atoms with Crippen LogP contribution in [0.2, 0.25) is 0 Å². The van der Waals surface area contributed by atoms with Crippen molar-refractivity contribution in [2.45, 2.75) is 56.6 Å². The Morgan fingerprint density at radius 2 is 1.85 bits per heavy atom. The highest BCUT2D eigenvalue weighted by Gasteiger charge is 2.37. The summed E-state index contributed by atoms with van der Waals surface area (Å²) in [6, 6.07) is 7.63. The van der Waals surface area contributed by atoms with Crippen molar-refractivity contribution in [3.05, 3.63) is 29.8 Å². The van der Waals surface area contributed by atoms with E-state index < -0.39 is 5.92 Å². The molecule has 2 saturated carbocycles. The van der Waals surface area contributed by atoms with Crippen LogP contribution >= 0.6 is 0 Å².